The van der Waals surface area contributed by atoms with Crippen LogP contribution in [0.5, 0.6) is 0 Å². The Morgan fingerprint density at radius 1 is 1.00 bits per heavy atom. The summed E-state index contributed by atoms with van der Waals surface area (Å²) in [7, 11) is 0. The van der Waals surface area contributed by atoms with E-state index in [9.17, 15) is 33.0 Å². The number of hydrogen-bond donors (Lipinski definition) is 3. The van der Waals surface area contributed by atoms with Gasteiger partial charge in [0.1, 0.15) is 0 Å². The van der Waals surface area contributed by atoms with Gasteiger partial charge >= 0.3 is 6.18 Å². The normalized spacial score (nSPS) is 16.8. The highest BCUT2D eigenvalue weighted by atomic mass is 19.4. The number of alkyl halides is 3. The molecule has 9 heteroatoms. The summed E-state index contributed by atoms with van der Waals surface area (Å²) in [6.45, 7) is 2.13. The molecule has 0 saturated carbocycles. The van der Waals surface area contributed by atoms with Crippen LogP contribution in [0.4, 0.5) is 13.2 Å². The van der Waals surface area contributed by atoms with Gasteiger partial charge in [-0.3, -0.25) is 9.59 Å². The molecule has 2 aromatic rings. The van der Waals surface area contributed by atoms with Crippen molar-refractivity contribution >= 4 is 11.8 Å². The highest BCUT2D eigenvalue weighted by Crippen LogP contribution is 2.30. The molecule has 31 heavy (non-hydrogen) atoms. The Hall–Kier alpha value is -2.91. The minimum absolute atomic E-state index is 0.266. The first-order chi connectivity index (χ1) is 14.6. The van der Waals surface area contributed by atoms with Crippen molar-refractivity contribution < 1.29 is 33.0 Å². The topological polar surface area (TPSA) is 89.9 Å². The first-order valence-electron chi connectivity index (χ1n) is 9.77. The van der Waals surface area contributed by atoms with Gasteiger partial charge in [0.15, 0.2) is 12.2 Å². The second-order valence-corrected chi connectivity index (χ2v) is 7.52. The lowest BCUT2D eigenvalue weighted by Gasteiger charge is -2.31. The van der Waals surface area contributed by atoms with Gasteiger partial charge in [0.2, 0.25) is 0 Å². The van der Waals surface area contributed by atoms with Gasteiger partial charge in [-0.1, -0.05) is 36.4 Å². The number of halogens is 3. The Balaban J connectivity index is 1.59. The quantitative estimate of drug-likeness (QED) is 0.671. The molecule has 2 aromatic carbocycles. The molecule has 0 aromatic heterocycles. The SMILES string of the molecule is C[C@H](NC(=O)C(O)C(O)C(=O)N1CCc2ccccc2C1)c1ccc(C(F)(F)F)cc1. The van der Waals surface area contributed by atoms with Crippen LogP contribution in [0, 0.1) is 0 Å². The summed E-state index contributed by atoms with van der Waals surface area (Å²) >= 11 is 0. The van der Waals surface area contributed by atoms with Gasteiger partial charge in [-0.25, -0.2) is 0 Å². The molecule has 2 amide bonds. The Morgan fingerprint density at radius 3 is 2.23 bits per heavy atom. The van der Waals surface area contributed by atoms with Gasteiger partial charge in [-0.15, -0.1) is 0 Å². The number of nitrogens with zero attached hydrogens (tertiary/aromatic N) is 1. The zero-order chi connectivity index (χ0) is 22.8. The van der Waals surface area contributed by atoms with Crippen molar-refractivity contribution in [3.05, 3.63) is 70.8 Å². The molecule has 1 aliphatic heterocycles. The standard InChI is InChI=1S/C22H23F3N2O4/c1-13(14-6-8-17(9-7-14)22(23,24)25)26-20(30)18(28)19(29)21(31)27-11-10-15-4-2-3-5-16(15)12-27/h2-9,13,18-19,28-29H,10-12H2,1H3,(H,26,30)/t13-,18?,19?/m0/s1. The molecule has 1 aliphatic rings. The van der Waals surface area contributed by atoms with Crippen LogP contribution in [-0.4, -0.2) is 45.7 Å². The average Bonchev–Trinajstić information content (AvgIpc) is 2.76. The summed E-state index contributed by atoms with van der Waals surface area (Å²) in [5.74, 6) is -1.76. The fourth-order valence-corrected chi connectivity index (χ4v) is 3.49. The molecular formula is C22H23F3N2O4. The summed E-state index contributed by atoms with van der Waals surface area (Å²) in [5.41, 5.74) is 1.59. The number of benzene rings is 2. The number of amides is 2. The molecule has 3 N–H and O–H groups in total. The molecule has 0 fully saturated rings. The van der Waals surface area contributed by atoms with Crippen molar-refractivity contribution in [1.82, 2.24) is 10.2 Å². The van der Waals surface area contributed by atoms with E-state index in [2.05, 4.69) is 5.32 Å². The summed E-state index contributed by atoms with van der Waals surface area (Å²) in [5, 5.41) is 22.8. The Kier molecular flexibility index (Phi) is 6.66. The second-order valence-electron chi connectivity index (χ2n) is 7.52. The van der Waals surface area contributed by atoms with E-state index in [4.69, 9.17) is 0 Å². The average molecular weight is 436 g/mol. The van der Waals surface area contributed by atoms with Crippen LogP contribution in [0.2, 0.25) is 0 Å². The number of aliphatic hydroxyl groups excluding tert-OH is 2. The summed E-state index contributed by atoms with van der Waals surface area (Å²) in [6, 6.07) is 11.0. The summed E-state index contributed by atoms with van der Waals surface area (Å²) in [4.78, 5) is 26.3. The monoisotopic (exact) mass is 436 g/mol. The zero-order valence-electron chi connectivity index (χ0n) is 16.8. The molecular weight excluding hydrogens is 413 g/mol. The molecule has 3 rings (SSSR count). The lowest BCUT2D eigenvalue weighted by molar-refractivity contribution is -0.154. The van der Waals surface area contributed by atoms with Crippen molar-refractivity contribution in [3.63, 3.8) is 0 Å². The summed E-state index contributed by atoms with van der Waals surface area (Å²) in [6.07, 6.45) is -7.84. The minimum Gasteiger partial charge on any atom is -0.380 e. The smallest absolute Gasteiger partial charge is 0.380 e. The van der Waals surface area contributed by atoms with Crippen LogP contribution in [0.25, 0.3) is 0 Å². The van der Waals surface area contributed by atoms with Gasteiger partial charge in [-0.05, 0) is 42.2 Å². The number of hydrogen-bond acceptors (Lipinski definition) is 4. The van der Waals surface area contributed by atoms with Crippen LogP contribution in [0.3, 0.4) is 0 Å². The fraction of sp³-hybridized carbons (Fsp3) is 0.364. The minimum atomic E-state index is -4.47. The molecule has 0 saturated heterocycles. The predicted molar refractivity (Wildman–Crippen MR) is 106 cm³/mol. The van der Waals surface area contributed by atoms with Crippen molar-refractivity contribution in [2.75, 3.05) is 6.54 Å². The van der Waals surface area contributed by atoms with E-state index in [1.54, 1.807) is 0 Å². The Morgan fingerprint density at radius 2 is 1.61 bits per heavy atom. The van der Waals surface area contributed by atoms with E-state index in [-0.39, 0.29) is 6.54 Å². The summed E-state index contributed by atoms with van der Waals surface area (Å²) < 4.78 is 38.0. The third-order valence-electron chi connectivity index (χ3n) is 5.36. The highest BCUT2D eigenvalue weighted by molar-refractivity contribution is 5.91. The second kappa shape index (κ2) is 9.07. The maximum atomic E-state index is 12.7. The first-order valence-corrected chi connectivity index (χ1v) is 9.77. The van der Waals surface area contributed by atoms with Crippen LogP contribution in [0.1, 0.15) is 35.2 Å². The largest absolute Gasteiger partial charge is 0.416 e. The maximum Gasteiger partial charge on any atom is 0.416 e. The third kappa shape index (κ3) is 5.23. The van der Waals surface area contributed by atoms with E-state index in [1.807, 2.05) is 24.3 Å². The van der Waals surface area contributed by atoms with E-state index >= 15 is 0 Å². The molecule has 166 valence electrons. The number of carbonyl (C=O) groups is 2. The predicted octanol–water partition coefficient (Wildman–Crippen LogP) is 2.19. The first kappa shape index (κ1) is 22.8. The highest BCUT2D eigenvalue weighted by Gasteiger charge is 2.35. The van der Waals surface area contributed by atoms with E-state index < -0.39 is 41.8 Å². The lowest BCUT2D eigenvalue weighted by Crippen LogP contribution is -2.51. The Labute approximate surface area is 177 Å². The van der Waals surface area contributed by atoms with Crippen LogP contribution >= 0.6 is 0 Å². The zero-order valence-corrected chi connectivity index (χ0v) is 16.8. The molecule has 1 heterocycles. The fourth-order valence-electron chi connectivity index (χ4n) is 3.49. The molecule has 3 atom stereocenters. The molecule has 0 spiro atoms. The number of aliphatic hydroxyl groups is 2. The van der Waals surface area contributed by atoms with Crippen LogP contribution in [0.15, 0.2) is 48.5 Å². The van der Waals surface area contributed by atoms with Crippen molar-refractivity contribution in [2.24, 2.45) is 0 Å². The van der Waals surface area contributed by atoms with E-state index in [1.165, 1.54) is 24.0 Å². The number of fused-ring (bicyclic) bond motifs is 1. The van der Waals surface area contributed by atoms with Crippen molar-refractivity contribution in [1.29, 1.82) is 0 Å². The van der Waals surface area contributed by atoms with Gasteiger partial charge in [0, 0.05) is 13.1 Å². The number of carbonyl (C=O) groups excluding carboxylic acids is 2. The van der Waals surface area contributed by atoms with Gasteiger partial charge < -0.3 is 20.4 Å². The van der Waals surface area contributed by atoms with Crippen molar-refractivity contribution in [3.8, 4) is 0 Å². The van der Waals surface area contributed by atoms with Crippen LogP contribution < -0.4 is 5.32 Å². The molecule has 2 unspecified atom stereocenters. The van der Waals surface area contributed by atoms with Gasteiger partial charge in [-0.2, -0.15) is 13.2 Å². The van der Waals surface area contributed by atoms with Gasteiger partial charge in [0.25, 0.3) is 11.8 Å². The molecule has 0 bridgehead atoms. The van der Waals surface area contributed by atoms with E-state index in [0.717, 1.165) is 23.3 Å². The molecule has 6 nitrogen and oxygen atoms in total. The molecule has 0 radical (unpaired) electrons. The number of nitrogens with one attached hydrogen (secondary N) is 1. The van der Waals surface area contributed by atoms with Crippen molar-refractivity contribution in [2.45, 2.75) is 44.3 Å². The molecule has 0 aliphatic carbocycles. The number of rotatable bonds is 5. The lowest BCUT2D eigenvalue weighted by atomic mass is 9.99. The maximum absolute atomic E-state index is 12.7. The van der Waals surface area contributed by atoms with E-state index in [0.29, 0.717) is 18.5 Å². The van der Waals surface area contributed by atoms with Gasteiger partial charge in [0.05, 0.1) is 11.6 Å². The Bertz CT molecular complexity index is 947. The third-order valence-corrected chi connectivity index (χ3v) is 5.36. The van der Waals surface area contributed by atoms with Crippen LogP contribution in [-0.2, 0) is 28.7 Å².